The van der Waals surface area contributed by atoms with Gasteiger partial charge in [0.25, 0.3) is 0 Å². The highest BCUT2D eigenvalue weighted by Gasteiger charge is 2.25. The zero-order valence-corrected chi connectivity index (χ0v) is 13.3. The number of aromatic nitrogens is 1. The number of hydrogen-bond acceptors (Lipinski definition) is 4. The number of hydrogen-bond donors (Lipinski definition) is 1. The monoisotopic (exact) mass is 276 g/mol. The van der Waals surface area contributed by atoms with E-state index in [1.54, 1.807) is 0 Å². The molecular formula is C16H28N4. The Morgan fingerprint density at radius 2 is 2.25 bits per heavy atom. The van der Waals surface area contributed by atoms with Gasteiger partial charge in [-0.25, -0.2) is 4.98 Å². The summed E-state index contributed by atoms with van der Waals surface area (Å²) in [5, 5.41) is 3.34. The van der Waals surface area contributed by atoms with Gasteiger partial charge in [-0.2, -0.15) is 0 Å². The first-order valence-corrected chi connectivity index (χ1v) is 7.74. The van der Waals surface area contributed by atoms with Crippen molar-refractivity contribution in [1.29, 1.82) is 0 Å². The van der Waals surface area contributed by atoms with Crippen LogP contribution in [0.3, 0.4) is 0 Å². The largest absolute Gasteiger partial charge is 0.352 e. The van der Waals surface area contributed by atoms with Gasteiger partial charge >= 0.3 is 0 Å². The fourth-order valence-corrected chi connectivity index (χ4v) is 3.01. The summed E-state index contributed by atoms with van der Waals surface area (Å²) in [6, 6.07) is 5.12. The van der Waals surface area contributed by atoms with Crippen molar-refractivity contribution in [2.45, 2.75) is 38.8 Å². The van der Waals surface area contributed by atoms with Gasteiger partial charge in [-0.3, -0.25) is 0 Å². The summed E-state index contributed by atoms with van der Waals surface area (Å²) in [5.41, 5.74) is 1.30. The van der Waals surface area contributed by atoms with Crippen LogP contribution < -0.4 is 10.2 Å². The quantitative estimate of drug-likeness (QED) is 0.914. The molecule has 1 aliphatic rings. The molecule has 2 unspecified atom stereocenters. The summed E-state index contributed by atoms with van der Waals surface area (Å²) in [6.07, 6.45) is 4.29. The van der Waals surface area contributed by atoms with E-state index in [4.69, 9.17) is 4.98 Å². The Balaban J connectivity index is 2.32. The van der Waals surface area contributed by atoms with Crippen LogP contribution in [0.25, 0.3) is 0 Å². The first-order valence-electron chi connectivity index (χ1n) is 7.74. The number of nitrogens with one attached hydrogen (secondary N) is 1. The second-order valence-corrected chi connectivity index (χ2v) is 5.80. The summed E-state index contributed by atoms with van der Waals surface area (Å²) in [6.45, 7) is 7.88. The Morgan fingerprint density at radius 1 is 1.45 bits per heavy atom. The highest BCUT2D eigenvalue weighted by Crippen LogP contribution is 2.27. The Bertz CT molecular complexity index is 421. The van der Waals surface area contributed by atoms with Crippen LogP contribution in [0.1, 0.15) is 38.3 Å². The van der Waals surface area contributed by atoms with Gasteiger partial charge in [0.2, 0.25) is 0 Å². The number of anilines is 1. The van der Waals surface area contributed by atoms with E-state index in [0.717, 1.165) is 25.3 Å². The summed E-state index contributed by atoms with van der Waals surface area (Å²) in [5.74, 6) is 1.16. The van der Waals surface area contributed by atoms with E-state index in [1.807, 2.05) is 19.3 Å². The third-order valence-electron chi connectivity index (χ3n) is 4.36. The van der Waals surface area contributed by atoms with Gasteiger partial charge in [-0.05, 0) is 46.5 Å². The van der Waals surface area contributed by atoms with Crippen LogP contribution in [-0.2, 0) is 0 Å². The molecule has 0 aromatic carbocycles. The van der Waals surface area contributed by atoms with E-state index in [9.17, 15) is 0 Å². The Hall–Kier alpha value is -1.13. The fourth-order valence-electron chi connectivity index (χ4n) is 3.01. The third-order valence-corrected chi connectivity index (χ3v) is 4.36. The van der Waals surface area contributed by atoms with Crippen LogP contribution >= 0.6 is 0 Å². The second-order valence-electron chi connectivity index (χ2n) is 5.80. The molecule has 20 heavy (non-hydrogen) atoms. The topological polar surface area (TPSA) is 31.4 Å². The molecule has 1 saturated heterocycles. The lowest BCUT2D eigenvalue weighted by molar-refractivity contribution is 0.327. The molecule has 4 nitrogen and oxygen atoms in total. The molecule has 2 rings (SSSR count). The molecular weight excluding hydrogens is 248 g/mol. The van der Waals surface area contributed by atoms with E-state index in [-0.39, 0.29) is 0 Å². The zero-order chi connectivity index (χ0) is 14.5. The molecule has 4 heteroatoms. The number of pyridine rings is 1. The molecule has 0 amide bonds. The Morgan fingerprint density at radius 3 is 2.95 bits per heavy atom. The van der Waals surface area contributed by atoms with Crippen LogP contribution in [0.4, 0.5) is 5.82 Å². The van der Waals surface area contributed by atoms with Crippen molar-refractivity contribution in [1.82, 2.24) is 15.2 Å². The molecule has 2 atom stereocenters. The molecule has 1 aromatic heterocycles. The van der Waals surface area contributed by atoms with Crippen LogP contribution in [0.15, 0.2) is 18.3 Å². The Kier molecular flexibility index (Phi) is 5.38. The molecule has 0 spiro atoms. The van der Waals surface area contributed by atoms with Gasteiger partial charge in [-0.15, -0.1) is 0 Å². The summed E-state index contributed by atoms with van der Waals surface area (Å²) in [4.78, 5) is 9.67. The second kappa shape index (κ2) is 7.04. The van der Waals surface area contributed by atoms with E-state index < -0.39 is 0 Å². The first kappa shape index (κ1) is 15.3. The zero-order valence-electron chi connectivity index (χ0n) is 13.3. The molecule has 0 saturated carbocycles. The lowest BCUT2D eigenvalue weighted by atomic mass is 10.1. The van der Waals surface area contributed by atoms with Gasteiger partial charge < -0.3 is 15.1 Å². The van der Waals surface area contributed by atoms with Crippen molar-refractivity contribution in [2.24, 2.45) is 0 Å². The average Bonchev–Trinajstić information content (AvgIpc) is 2.67. The highest BCUT2D eigenvalue weighted by molar-refractivity contribution is 5.49. The standard InChI is InChI=1S/C16H28N4/c1-5-14-12-19(4)10-7-11-20(14)16-15(13(2)17-3)8-6-9-18-16/h6,8-9,13-14,17H,5,7,10-12H2,1-4H3. The fraction of sp³-hybridized carbons (Fsp3) is 0.688. The van der Waals surface area contributed by atoms with Crippen LogP contribution in [0.2, 0.25) is 0 Å². The molecule has 0 radical (unpaired) electrons. The van der Waals surface area contributed by atoms with E-state index in [0.29, 0.717) is 12.1 Å². The summed E-state index contributed by atoms with van der Waals surface area (Å²) < 4.78 is 0. The minimum atomic E-state index is 0.331. The maximum atomic E-state index is 4.70. The predicted molar refractivity (Wildman–Crippen MR) is 85.3 cm³/mol. The predicted octanol–water partition coefficient (Wildman–Crippen LogP) is 2.28. The number of nitrogens with zero attached hydrogens (tertiary/aromatic N) is 3. The maximum absolute atomic E-state index is 4.70. The van der Waals surface area contributed by atoms with Gasteiger partial charge in [0, 0.05) is 36.9 Å². The third kappa shape index (κ3) is 3.30. The smallest absolute Gasteiger partial charge is 0.133 e. The van der Waals surface area contributed by atoms with Crippen molar-refractivity contribution < 1.29 is 0 Å². The van der Waals surface area contributed by atoms with Crippen molar-refractivity contribution in [3.63, 3.8) is 0 Å². The highest BCUT2D eigenvalue weighted by atomic mass is 15.3. The van der Waals surface area contributed by atoms with Crippen LogP contribution in [0, 0.1) is 0 Å². The minimum Gasteiger partial charge on any atom is -0.352 e. The van der Waals surface area contributed by atoms with Gasteiger partial charge in [-0.1, -0.05) is 13.0 Å². The number of likely N-dealkylation sites (N-methyl/N-ethyl adjacent to an activating group) is 1. The van der Waals surface area contributed by atoms with E-state index in [1.165, 1.54) is 18.5 Å². The SMILES string of the molecule is CCC1CN(C)CCCN1c1ncccc1C(C)NC. The molecule has 112 valence electrons. The molecule has 0 bridgehead atoms. The van der Waals surface area contributed by atoms with Crippen LogP contribution in [0.5, 0.6) is 0 Å². The van der Waals surface area contributed by atoms with Crippen molar-refractivity contribution >= 4 is 5.82 Å². The normalized spacial score (nSPS) is 22.6. The van der Waals surface area contributed by atoms with Crippen molar-refractivity contribution in [3.05, 3.63) is 23.9 Å². The Labute approximate surface area is 123 Å². The molecule has 0 aliphatic carbocycles. The van der Waals surface area contributed by atoms with Crippen molar-refractivity contribution in [3.8, 4) is 0 Å². The molecule has 2 heterocycles. The summed E-state index contributed by atoms with van der Waals surface area (Å²) >= 11 is 0. The van der Waals surface area contributed by atoms with Gasteiger partial charge in [0.05, 0.1) is 0 Å². The van der Waals surface area contributed by atoms with Crippen molar-refractivity contribution in [2.75, 3.05) is 38.6 Å². The molecule has 1 aliphatic heterocycles. The molecule has 1 N–H and O–H groups in total. The lowest BCUT2D eigenvalue weighted by Gasteiger charge is -2.33. The maximum Gasteiger partial charge on any atom is 0.133 e. The molecule has 1 fully saturated rings. The minimum absolute atomic E-state index is 0.331. The average molecular weight is 276 g/mol. The van der Waals surface area contributed by atoms with E-state index >= 15 is 0 Å². The molecule has 1 aromatic rings. The lowest BCUT2D eigenvalue weighted by Crippen LogP contribution is -2.41. The van der Waals surface area contributed by atoms with Crippen LogP contribution in [-0.4, -0.2) is 49.7 Å². The van der Waals surface area contributed by atoms with Gasteiger partial charge in [0.1, 0.15) is 5.82 Å². The van der Waals surface area contributed by atoms with Gasteiger partial charge in [0.15, 0.2) is 0 Å². The summed E-state index contributed by atoms with van der Waals surface area (Å²) in [7, 11) is 4.23. The number of rotatable bonds is 4. The first-order chi connectivity index (χ1) is 9.67. The van der Waals surface area contributed by atoms with E-state index in [2.05, 4.69) is 42.1 Å².